The van der Waals surface area contributed by atoms with Crippen molar-refractivity contribution in [3.63, 3.8) is 0 Å². The summed E-state index contributed by atoms with van der Waals surface area (Å²) < 4.78 is 5.19. The summed E-state index contributed by atoms with van der Waals surface area (Å²) in [7, 11) is 3.73. The van der Waals surface area contributed by atoms with Crippen LogP contribution in [0.2, 0.25) is 5.15 Å². The fourth-order valence-electron chi connectivity index (χ4n) is 1.96. The van der Waals surface area contributed by atoms with Crippen LogP contribution in [0.4, 0.5) is 5.69 Å². The zero-order valence-electron chi connectivity index (χ0n) is 9.53. The Hall–Kier alpha value is -1.00. The maximum atomic E-state index is 5.81. The van der Waals surface area contributed by atoms with Crippen molar-refractivity contribution in [3.8, 4) is 5.88 Å². The number of halogens is 1. The van der Waals surface area contributed by atoms with Gasteiger partial charge in [0.25, 0.3) is 0 Å². The molecule has 0 radical (unpaired) electrons. The molecule has 1 aliphatic heterocycles. The minimum Gasteiger partial charge on any atom is -0.479 e. The Labute approximate surface area is 101 Å². The number of pyridine rings is 1. The second-order valence-corrected chi connectivity index (χ2v) is 4.47. The number of rotatable bonds is 3. The molecule has 2 rings (SSSR count). The van der Waals surface area contributed by atoms with E-state index >= 15 is 0 Å². The van der Waals surface area contributed by atoms with E-state index in [9.17, 15) is 0 Å². The smallest absolute Gasteiger partial charge is 0.238 e. The molecule has 1 saturated heterocycles. The molecule has 1 unspecified atom stereocenters. The first-order valence-corrected chi connectivity index (χ1v) is 5.72. The topological polar surface area (TPSA) is 37.4 Å². The van der Waals surface area contributed by atoms with Crippen molar-refractivity contribution in [3.05, 3.63) is 17.3 Å². The van der Waals surface area contributed by atoms with E-state index in [-0.39, 0.29) is 0 Å². The maximum absolute atomic E-state index is 5.81. The van der Waals surface area contributed by atoms with Gasteiger partial charge in [0, 0.05) is 12.6 Å². The van der Waals surface area contributed by atoms with Gasteiger partial charge in [0.05, 0.1) is 12.8 Å². The first kappa shape index (κ1) is 11.5. The van der Waals surface area contributed by atoms with Crippen LogP contribution in [0.3, 0.4) is 0 Å². The number of ether oxygens (including phenoxy) is 1. The summed E-state index contributed by atoms with van der Waals surface area (Å²) in [6, 6.07) is 4.14. The molecular weight excluding hydrogens is 226 g/mol. The molecule has 1 aromatic heterocycles. The van der Waals surface area contributed by atoms with E-state index in [0.717, 1.165) is 25.2 Å². The Balaban J connectivity index is 2.08. The van der Waals surface area contributed by atoms with Gasteiger partial charge in [-0.3, -0.25) is 0 Å². The molecule has 1 N–H and O–H groups in total. The highest BCUT2D eigenvalue weighted by Crippen LogP contribution is 2.25. The maximum Gasteiger partial charge on any atom is 0.238 e. The van der Waals surface area contributed by atoms with Gasteiger partial charge < -0.3 is 15.0 Å². The number of hydrogen-bond acceptors (Lipinski definition) is 4. The summed E-state index contributed by atoms with van der Waals surface area (Å²) in [6.07, 6.45) is 1.14. The molecule has 1 aliphatic rings. The lowest BCUT2D eigenvalue weighted by Gasteiger charge is -2.16. The first-order chi connectivity index (χ1) is 7.69. The molecule has 0 saturated carbocycles. The standard InChI is InChI=1S/C11H16ClN3O/c1-15-6-5-8(7-15)13-9-3-4-10(12)14-11(9)16-2/h3-4,8,13H,5-7H2,1-2H3. The Bertz CT molecular complexity index is 372. The van der Waals surface area contributed by atoms with Crippen LogP contribution in [-0.4, -0.2) is 43.2 Å². The molecule has 0 bridgehead atoms. The highest BCUT2D eigenvalue weighted by molar-refractivity contribution is 6.29. The number of anilines is 1. The number of hydrogen-bond donors (Lipinski definition) is 1. The second-order valence-electron chi connectivity index (χ2n) is 4.08. The summed E-state index contributed by atoms with van der Waals surface area (Å²) in [5.41, 5.74) is 0.909. The van der Waals surface area contributed by atoms with Gasteiger partial charge in [-0.1, -0.05) is 11.6 Å². The number of aromatic nitrogens is 1. The largest absolute Gasteiger partial charge is 0.479 e. The van der Waals surface area contributed by atoms with Crippen LogP contribution in [0.15, 0.2) is 12.1 Å². The van der Waals surface area contributed by atoms with E-state index in [4.69, 9.17) is 16.3 Å². The van der Waals surface area contributed by atoms with Crippen molar-refractivity contribution in [1.82, 2.24) is 9.88 Å². The van der Waals surface area contributed by atoms with E-state index < -0.39 is 0 Å². The zero-order valence-corrected chi connectivity index (χ0v) is 10.3. The Morgan fingerprint density at radius 1 is 1.56 bits per heavy atom. The SMILES string of the molecule is COc1nc(Cl)ccc1NC1CCN(C)C1. The summed E-state index contributed by atoms with van der Waals surface area (Å²) in [4.78, 5) is 6.42. The van der Waals surface area contributed by atoms with Crippen LogP contribution in [0.25, 0.3) is 0 Å². The minimum absolute atomic E-state index is 0.450. The van der Waals surface area contributed by atoms with Gasteiger partial charge in [0.2, 0.25) is 5.88 Å². The van der Waals surface area contributed by atoms with Gasteiger partial charge in [-0.15, -0.1) is 0 Å². The van der Waals surface area contributed by atoms with E-state index in [2.05, 4.69) is 22.2 Å². The van der Waals surface area contributed by atoms with Crippen LogP contribution in [0.5, 0.6) is 5.88 Å². The monoisotopic (exact) mass is 241 g/mol. The quantitative estimate of drug-likeness (QED) is 0.820. The Morgan fingerprint density at radius 3 is 3.00 bits per heavy atom. The fraction of sp³-hybridized carbons (Fsp3) is 0.545. The highest BCUT2D eigenvalue weighted by atomic mass is 35.5. The summed E-state index contributed by atoms with van der Waals surface area (Å²) in [6.45, 7) is 2.17. The van der Waals surface area contributed by atoms with Gasteiger partial charge in [0.1, 0.15) is 5.15 Å². The van der Waals surface area contributed by atoms with Crippen LogP contribution in [-0.2, 0) is 0 Å². The van der Waals surface area contributed by atoms with Crippen molar-refractivity contribution >= 4 is 17.3 Å². The van der Waals surface area contributed by atoms with Crippen molar-refractivity contribution in [2.45, 2.75) is 12.5 Å². The minimum atomic E-state index is 0.450. The molecule has 1 atom stereocenters. The predicted molar refractivity (Wildman–Crippen MR) is 65.3 cm³/mol. The lowest BCUT2D eigenvalue weighted by molar-refractivity contribution is 0.398. The summed E-state index contributed by atoms with van der Waals surface area (Å²) >= 11 is 5.81. The molecule has 0 spiro atoms. The third kappa shape index (κ3) is 2.57. The molecule has 1 aromatic rings. The average Bonchev–Trinajstić information content (AvgIpc) is 2.67. The van der Waals surface area contributed by atoms with Gasteiger partial charge in [0.15, 0.2) is 0 Å². The number of methoxy groups -OCH3 is 1. The fourth-order valence-corrected chi connectivity index (χ4v) is 2.10. The molecule has 0 amide bonds. The molecule has 2 heterocycles. The number of likely N-dealkylation sites (N-methyl/N-ethyl adjacent to an activating group) is 1. The predicted octanol–water partition coefficient (Wildman–Crippen LogP) is 1.86. The summed E-state index contributed by atoms with van der Waals surface area (Å²) in [5.74, 6) is 0.557. The molecule has 16 heavy (non-hydrogen) atoms. The Morgan fingerprint density at radius 2 is 2.38 bits per heavy atom. The van der Waals surface area contributed by atoms with Gasteiger partial charge in [-0.05, 0) is 32.1 Å². The van der Waals surface area contributed by atoms with Crippen LogP contribution < -0.4 is 10.1 Å². The van der Waals surface area contributed by atoms with Crippen molar-refractivity contribution in [2.24, 2.45) is 0 Å². The zero-order chi connectivity index (χ0) is 11.5. The normalized spacial score (nSPS) is 21.1. The van der Waals surface area contributed by atoms with Crippen molar-refractivity contribution < 1.29 is 4.74 Å². The lowest BCUT2D eigenvalue weighted by Crippen LogP contribution is -2.23. The average molecular weight is 242 g/mol. The molecule has 5 heteroatoms. The third-order valence-corrected chi connectivity index (χ3v) is 2.98. The number of likely N-dealkylation sites (tertiary alicyclic amines) is 1. The van der Waals surface area contributed by atoms with Crippen molar-refractivity contribution in [1.29, 1.82) is 0 Å². The van der Waals surface area contributed by atoms with Gasteiger partial charge >= 0.3 is 0 Å². The Kier molecular flexibility index (Phi) is 3.51. The number of nitrogens with zero attached hydrogens (tertiary/aromatic N) is 2. The summed E-state index contributed by atoms with van der Waals surface area (Å²) in [5, 5.41) is 3.88. The van der Waals surface area contributed by atoms with E-state index in [1.54, 1.807) is 13.2 Å². The van der Waals surface area contributed by atoms with Crippen LogP contribution in [0, 0.1) is 0 Å². The molecule has 1 fully saturated rings. The van der Waals surface area contributed by atoms with Crippen molar-refractivity contribution in [2.75, 3.05) is 32.6 Å². The molecule has 0 aliphatic carbocycles. The molecule has 88 valence electrons. The van der Waals surface area contributed by atoms with Gasteiger partial charge in [-0.2, -0.15) is 4.98 Å². The molecule has 4 nitrogen and oxygen atoms in total. The van der Waals surface area contributed by atoms with E-state index in [1.807, 2.05) is 6.07 Å². The first-order valence-electron chi connectivity index (χ1n) is 5.34. The number of nitrogens with one attached hydrogen (secondary N) is 1. The molecular formula is C11H16ClN3O. The van der Waals surface area contributed by atoms with Crippen LogP contribution in [0.1, 0.15) is 6.42 Å². The lowest BCUT2D eigenvalue weighted by atomic mass is 10.2. The highest BCUT2D eigenvalue weighted by Gasteiger charge is 2.20. The van der Waals surface area contributed by atoms with E-state index in [0.29, 0.717) is 17.1 Å². The third-order valence-electron chi connectivity index (χ3n) is 2.77. The second kappa shape index (κ2) is 4.89. The van der Waals surface area contributed by atoms with Crippen LogP contribution >= 0.6 is 11.6 Å². The molecule has 0 aromatic carbocycles. The van der Waals surface area contributed by atoms with Gasteiger partial charge in [-0.25, -0.2) is 0 Å². The van der Waals surface area contributed by atoms with E-state index in [1.165, 1.54) is 0 Å².